The predicted octanol–water partition coefficient (Wildman–Crippen LogP) is -0.0877. The first kappa shape index (κ1) is 18.9. The summed E-state index contributed by atoms with van der Waals surface area (Å²) in [4.78, 5) is 13.6. The van der Waals surface area contributed by atoms with E-state index in [0.29, 0.717) is 19.5 Å². The molecule has 0 bridgehead atoms. The molecule has 2 rings (SSSR count). The monoisotopic (exact) mass is 336 g/mol. The summed E-state index contributed by atoms with van der Waals surface area (Å²) in [6, 6.07) is 9.10. The zero-order valence-electron chi connectivity index (χ0n) is 14.1. The van der Waals surface area contributed by atoms with Gasteiger partial charge in [0.2, 0.25) is 5.91 Å². The lowest BCUT2D eigenvalue weighted by Gasteiger charge is -2.45. The molecule has 6 heteroatoms. The van der Waals surface area contributed by atoms with Crippen LogP contribution in [0.15, 0.2) is 30.3 Å². The number of benzene rings is 1. The van der Waals surface area contributed by atoms with Gasteiger partial charge in [0.25, 0.3) is 0 Å². The molecule has 24 heavy (non-hydrogen) atoms. The summed E-state index contributed by atoms with van der Waals surface area (Å²) in [6.45, 7) is 2.62. The van der Waals surface area contributed by atoms with E-state index in [2.05, 4.69) is 17.4 Å². The van der Waals surface area contributed by atoms with Crippen molar-refractivity contribution in [2.24, 2.45) is 0 Å². The highest BCUT2D eigenvalue weighted by Crippen LogP contribution is 2.20. The lowest BCUT2D eigenvalue weighted by molar-refractivity contribution is -0.130. The van der Waals surface area contributed by atoms with Crippen LogP contribution in [0.4, 0.5) is 0 Å². The second-order valence-electron chi connectivity index (χ2n) is 6.34. The molecular formula is C18H28N2O4. The smallest absolute Gasteiger partial charge is 0.220 e. The first-order chi connectivity index (χ1) is 11.6. The Bertz CT molecular complexity index is 511. The Hall–Kier alpha value is -1.47. The number of aryl methyl sites for hydroxylation is 1. The minimum absolute atomic E-state index is 0.155. The Kier molecular flexibility index (Phi) is 7.17. The number of hydrogen-bond donors (Lipinski definition) is 4. The number of aliphatic hydroxyl groups is 3. The topological polar surface area (TPSA) is 93.0 Å². The van der Waals surface area contributed by atoms with E-state index in [1.165, 1.54) is 5.56 Å². The molecule has 0 spiro atoms. The number of piperidine rings is 1. The van der Waals surface area contributed by atoms with Crippen molar-refractivity contribution in [3.63, 3.8) is 0 Å². The Labute approximate surface area is 143 Å². The molecule has 0 radical (unpaired) electrons. The van der Waals surface area contributed by atoms with Gasteiger partial charge in [-0.1, -0.05) is 37.3 Å². The van der Waals surface area contributed by atoms with Crippen molar-refractivity contribution < 1.29 is 20.1 Å². The van der Waals surface area contributed by atoms with Crippen LogP contribution in [-0.2, 0) is 11.2 Å². The summed E-state index contributed by atoms with van der Waals surface area (Å²) in [7, 11) is 0. The SMILES string of the molecule is CCC(=O)N[C@H]1CN(CCCc2ccccc2)[C@H](CO)[C@@H](O)[C@@H]1O. The standard InChI is InChI=1S/C18H28N2O4/c1-2-16(22)19-14-11-20(15(12-21)18(24)17(14)23)10-6-9-13-7-4-3-5-8-13/h3-5,7-8,14-15,17-18,21,23-24H,2,6,9-12H2,1H3,(H,19,22)/t14-,15+,17+,18+/m0/s1. The van der Waals surface area contributed by atoms with E-state index in [1.54, 1.807) is 6.92 Å². The maximum absolute atomic E-state index is 11.6. The van der Waals surface area contributed by atoms with Crippen molar-refractivity contribution in [2.75, 3.05) is 19.7 Å². The van der Waals surface area contributed by atoms with Gasteiger partial charge in [-0.15, -0.1) is 0 Å². The predicted molar refractivity (Wildman–Crippen MR) is 91.4 cm³/mol. The lowest BCUT2D eigenvalue weighted by Crippen LogP contribution is -2.66. The minimum Gasteiger partial charge on any atom is -0.395 e. The molecule has 0 aliphatic carbocycles. The van der Waals surface area contributed by atoms with E-state index in [4.69, 9.17) is 0 Å². The number of amides is 1. The van der Waals surface area contributed by atoms with Gasteiger partial charge in [0.1, 0.15) is 6.10 Å². The third-order valence-corrected chi connectivity index (χ3v) is 4.66. The molecule has 1 amide bonds. The molecule has 1 fully saturated rings. The van der Waals surface area contributed by atoms with Crippen LogP contribution in [0, 0.1) is 0 Å². The Balaban J connectivity index is 1.95. The van der Waals surface area contributed by atoms with E-state index in [0.717, 1.165) is 12.8 Å². The van der Waals surface area contributed by atoms with E-state index < -0.39 is 24.3 Å². The van der Waals surface area contributed by atoms with Crippen molar-refractivity contribution >= 4 is 5.91 Å². The van der Waals surface area contributed by atoms with Crippen molar-refractivity contribution in [1.82, 2.24) is 10.2 Å². The number of rotatable bonds is 7. The Morgan fingerprint density at radius 1 is 1.25 bits per heavy atom. The molecule has 1 aromatic rings. The summed E-state index contributed by atoms with van der Waals surface area (Å²) in [5.74, 6) is -0.155. The lowest BCUT2D eigenvalue weighted by atomic mass is 9.92. The summed E-state index contributed by atoms with van der Waals surface area (Å²) < 4.78 is 0. The van der Waals surface area contributed by atoms with Gasteiger partial charge < -0.3 is 20.6 Å². The zero-order valence-corrected chi connectivity index (χ0v) is 14.1. The van der Waals surface area contributed by atoms with Gasteiger partial charge in [0, 0.05) is 13.0 Å². The van der Waals surface area contributed by atoms with Crippen LogP contribution in [-0.4, -0.2) is 70.1 Å². The molecule has 4 atom stereocenters. The van der Waals surface area contributed by atoms with Crippen molar-refractivity contribution in [2.45, 2.75) is 50.5 Å². The number of carbonyl (C=O) groups excluding carboxylic acids is 1. The minimum atomic E-state index is -1.08. The van der Waals surface area contributed by atoms with Crippen molar-refractivity contribution in [3.8, 4) is 0 Å². The molecule has 0 saturated carbocycles. The fourth-order valence-electron chi connectivity index (χ4n) is 3.23. The number of nitrogens with zero attached hydrogens (tertiary/aromatic N) is 1. The third kappa shape index (κ3) is 4.77. The molecule has 4 N–H and O–H groups in total. The van der Waals surface area contributed by atoms with Gasteiger partial charge >= 0.3 is 0 Å². The van der Waals surface area contributed by atoms with Gasteiger partial charge in [0.05, 0.1) is 24.8 Å². The van der Waals surface area contributed by atoms with Crippen LogP contribution in [0.5, 0.6) is 0 Å². The van der Waals surface area contributed by atoms with Crippen LogP contribution in [0.3, 0.4) is 0 Å². The first-order valence-corrected chi connectivity index (χ1v) is 8.61. The largest absolute Gasteiger partial charge is 0.395 e. The number of carbonyl (C=O) groups is 1. The van der Waals surface area contributed by atoms with Gasteiger partial charge in [0.15, 0.2) is 0 Å². The van der Waals surface area contributed by atoms with Crippen LogP contribution in [0.1, 0.15) is 25.3 Å². The molecule has 1 aliphatic heterocycles. The number of likely N-dealkylation sites (tertiary alicyclic amines) is 1. The average Bonchev–Trinajstić information content (AvgIpc) is 2.60. The van der Waals surface area contributed by atoms with Crippen molar-refractivity contribution in [1.29, 1.82) is 0 Å². The van der Waals surface area contributed by atoms with Crippen LogP contribution < -0.4 is 5.32 Å². The molecule has 1 aliphatic rings. The highest BCUT2D eigenvalue weighted by molar-refractivity contribution is 5.75. The zero-order chi connectivity index (χ0) is 17.5. The fraction of sp³-hybridized carbons (Fsp3) is 0.611. The highest BCUT2D eigenvalue weighted by Gasteiger charge is 2.41. The average molecular weight is 336 g/mol. The van der Waals surface area contributed by atoms with E-state index in [-0.39, 0.29) is 12.5 Å². The second-order valence-corrected chi connectivity index (χ2v) is 6.34. The molecule has 1 saturated heterocycles. The van der Waals surface area contributed by atoms with Crippen LogP contribution in [0.25, 0.3) is 0 Å². The maximum atomic E-state index is 11.6. The van der Waals surface area contributed by atoms with E-state index in [1.807, 2.05) is 23.1 Å². The molecule has 0 unspecified atom stereocenters. The quantitative estimate of drug-likeness (QED) is 0.559. The molecular weight excluding hydrogens is 308 g/mol. The molecule has 1 aromatic carbocycles. The second kappa shape index (κ2) is 9.13. The van der Waals surface area contributed by atoms with Crippen molar-refractivity contribution in [3.05, 3.63) is 35.9 Å². The number of hydrogen-bond acceptors (Lipinski definition) is 5. The summed E-state index contributed by atoms with van der Waals surface area (Å²) >= 11 is 0. The van der Waals surface area contributed by atoms with Gasteiger partial charge in [-0.05, 0) is 24.9 Å². The Morgan fingerprint density at radius 3 is 2.58 bits per heavy atom. The summed E-state index contributed by atoms with van der Waals surface area (Å²) in [6.07, 6.45) is -0.0417. The molecule has 6 nitrogen and oxygen atoms in total. The van der Waals surface area contributed by atoms with Crippen LogP contribution >= 0.6 is 0 Å². The molecule has 134 valence electrons. The van der Waals surface area contributed by atoms with Gasteiger partial charge in [-0.2, -0.15) is 0 Å². The summed E-state index contributed by atoms with van der Waals surface area (Å²) in [5.41, 5.74) is 1.24. The van der Waals surface area contributed by atoms with Crippen LogP contribution in [0.2, 0.25) is 0 Å². The normalized spacial score (nSPS) is 27.8. The maximum Gasteiger partial charge on any atom is 0.220 e. The molecule has 1 heterocycles. The third-order valence-electron chi connectivity index (χ3n) is 4.66. The number of nitrogens with one attached hydrogen (secondary N) is 1. The first-order valence-electron chi connectivity index (χ1n) is 8.61. The highest BCUT2D eigenvalue weighted by atomic mass is 16.3. The summed E-state index contributed by atoms with van der Waals surface area (Å²) in [5, 5.41) is 32.8. The van der Waals surface area contributed by atoms with Gasteiger partial charge in [-0.3, -0.25) is 9.69 Å². The Morgan fingerprint density at radius 2 is 1.96 bits per heavy atom. The van der Waals surface area contributed by atoms with E-state index >= 15 is 0 Å². The number of aliphatic hydroxyl groups excluding tert-OH is 3. The molecule has 0 aromatic heterocycles. The van der Waals surface area contributed by atoms with Gasteiger partial charge in [-0.25, -0.2) is 0 Å². The fourth-order valence-corrected chi connectivity index (χ4v) is 3.23. The van der Waals surface area contributed by atoms with E-state index in [9.17, 15) is 20.1 Å².